The van der Waals surface area contributed by atoms with Gasteiger partial charge in [-0.2, -0.15) is 0 Å². The van der Waals surface area contributed by atoms with Crippen LogP contribution in [0, 0.1) is 0 Å². The van der Waals surface area contributed by atoms with Crippen LogP contribution in [0.2, 0.25) is 0 Å². The summed E-state index contributed by atoms with van der Waals surface area (Å²) in [5, 5.41) is 0. The Labute approximate surface area is 96.3 Å². The van der Waals surface area contributed by atoms with Crippen molar-refractivity contribution in [1.82, 2.24) is 9.80 Å². The molecule has 1 aliphatic rings. The van der Waals surface area contributed by atoms with Crippen molar-refractivity contribution in [2.75, 3.05) is 33.8 Å². The molecule has 16 heavy (non-hydrogen) atoms. The van der Waals surface area contributed by atoms with Gasteiger partial charge in [0.1, 0.15) is 0 Å². The lowest BCUT2D eigenvalue weighted by Gasteiger charge is -2.35. The summed E-state index contributed by atoms with van der Waals surface area (Å²) in [6.45, 7) is 3.21. The fourth-order valence-corrected chi connectivity index (χ4v) is 1.88. The minimum Gasteiger partial charge on any atom is -0.459 e. The lowest BCUT2D eigenvalue weighted by atomic mass is 10.1. The molecule has 5 nitrogen and oxygen atoms in total. The van der Waals surface area contributed by atoms with E-state index in [4.69, 9.17) is 4.74 Å². The van der Waals surface area contributed by atoms with E-state index in [0.717, 1.165) is 12.8 Å². The highest BCUT2D eigenvalue weighted by Gasteiger charge is 2.29. The zero-order valence-corrected chi connectivity index (χ0v) is 10.2. The molecule has 0 spiro atoms. The molecular weight excluding hydrogens is 208 g/mol. The molecular formula is C11H20N2O3. The Bertz CT molecular complexity index is 266. The van der Waals surface area contributed by atoms with Crippen LogP contribution in [0.3, 0.4) is 0 Å². The molecule has 1 atom stereocenters. The van der Waals surface area contributed by atoms with E-state index in [1.807, 2.05) is 14.1 Å². The molecule has 0 aliphatic carbocycles. The van der Waals surface area contributed by atoms with Gasteiger partial charge >= 0.3 is 11.9 Å². The van der Waals surface area contributed by atoms with E-state index in [-0.39, 0.29) is 6.61 Å². The Kier molecular flexibility index (Phi) is 4.73. The van der Waals surface area contributed by atoms with E-state index >= 15 is 0 Å². The van der Waals surface area contributed by atoms with Crippen molar-refractivity contribution >= 4 is 11.9 Å². The van der Waals surface area contributed by atoms with E-state index in [1.165, 1.54) is 0 Å². The first-order valence-corrected chi connectivity index (χ1v) is 5.68. The number of esters is 1. The van der Waals surface area contributed by atoms with Gasteiger partial charge in [0.15, 0.2) is 0 Å². The second-order valence-electron chi connectivity index (χ2n) is 4.23. The topological polar surface area (TPSA) is 49.9 Å². The number of amides is 1. The van der Waals surface area contributed by atoms with E-state index in [0.29, 0.717) is 19.1 Å². The van der Waals surface area contributed by atoms with Gasteiger partial charge in [0.05, 0.1) is 6.61 Å². The summed E-state index contributed by atoms with van der Waals surface area (Å²) in [4.78, 5) is 26.7. The standard InChI is InChI=1S/C11H20N2O3/c1-4-16-11(15)10(14)13-7-5-6-9(8-13)12(2)3/h9H,4-8H2,1-3H3. The van der Waals surface area contributed by atoms with Crippen LogP contribution >= 0.6 is 0 Å². The maximum Gasteiger partial charge on any atom is 0.397 e. The SMILES string of the molecule is CCOC(=O)C(=O)N1CCCC(N(C)C)C1. The van der Waals surface area contributed by atoms with Crippen molar-refractivity contribution in [2.45, 2.75) is 25.8 Å². The summed E-state index contributed by atoms with van der Waals surface area (Å²) < 4.78 is 4.71. The Hall–Kier alpha value is -1.10. The number of likely N-dealkylation sites (N-methyl/N-ethyl adjacent to an activating group) is 1. The highest BCUT2D eigenvalue weighted by atomic mass is 16.5. The summed E-state index contributed by atoms with van der Waals surface area (Å²) >= 11 is 0. The molecule has 0 aromatic rings. The molecule has 92 valence electrons. The molecule has 1 aliphatic heterocycles. The van der Waals surface area contributed by atoms with Gasteiger partial charge in [-0.1, -0.05) is 0 Å². The highest BCUT2D eigenvalue weighted by molar-refractivity contribution is 6.32. The average Bonchev–Trinajstić information content (AvgIpc) is 2.28. The smallest absolute Gasteiger partial charge is 0.397 e. The van der Waals surface area contributed by atoms with Gasteiger partial charge in [0.2, 0.25) is 0 Å². The molecule has 1 unspecified atom stereocenters. The van der Waals surface area contributed by atoms with Crippen molar-refractivity contribution in [3.05, 3.63) is 0 Å². The quantitative estimate of drug-likeness (QED) is 0.497. The maximum absolute atomic E-state index is 11.7. The molecule has 0 radical (unpaired) electrons. The number of nitrogens with zero attached hydrogens (tertiary/aromatic N) is 2. The van der Waals surface area contributed by atoms with Crippen molar-refractivity contribution < 1.29 is 14.3 Å². The van der Waals surface area contributed by atoms with Crippen LogP contribution in [0.1, 0.15) is 19.8 Å². The third-order valence-corrected chi connectivity index (χ3v) is 2.86. The lowest BCUT2D eigenvalue weighted by molar-refractivity contribution is -0.160. The van der Waals surface area contributed by atoms with Crippen molar-refractivity contribution in [3.63, 3.8) is 0 Å². The number of hydrogen-bond acceptors (Lipinski definition) is 4. The number of carbonyl (C=O) groups excluding carboxylic acids is 2. The highest BCUT2D eigenvalue weighted by Crippen LogP contribution is 2.13. The van der Waals surface area contributed by atoms with Crippen molar-refractivity contribution in [1.29, 1.82) is 0 Å². The van der Waals surface area contributed by atoms with Crippen LogP contribution < -0.4 is 0 Å². The monoisotopic (exact) mass is 228 g/mol. The molecule has 1 rings (SSSR count). The first-order chi connectivity index (χ1) is 7.56. The van der Waals surface area contributed by atoms with Gasteiger partial charge in [-0.3, -0.25) is 4.79 Å². The van der Waals surface area contributed by atoms with Crippen molar-refractivity contribution in [2.24, 2.45) is 0 Å². The minimum absolute atomic E-state index is 0.246. The molecule has 5 heteroatoms. The number of piperidine rings is 1. The van der Waals surface area contributed by atoms with Crippen LogP contribution in [0.4, 0.5) is 0 Å². The molecule has 1 fully saturated rings. The number of carbonyl (C=O) groups is 2. The summed E-state index contributed by atoms with van der Waals surface area (Å²) in [6.07, 6.45) is 2.01. The zero-order valence-electron chi connectivity index (χ0n) is 10.2. The second-order valence-corrected chi connectivity index (χ2v) is 4.23. The third kappa shape index (κ3) is 3.20. The molecule has 1 amide bonds. The van der Waals surface area contributed by atoms with Crippen LogP contribution in [0.15, 0.2) is 0 Å². The van der Waals surface area contributed by atoms with Gasteiger partial charge in [-0.15, -0.1) is 0 Å². The van der Waals surface area contributed by atoms with Crippen LogP contribution in [0.25, 0.3) is 0 Å². The molecule has 1 saturated heterocycles. The first-order valence-electron chi connectivity index (χ1n) is 5.68. The van der Waals surface area contributed by atoms with E-state index in [1.54, 1.807) is 11.8 Å². The van der Waals surface area contributed by atoms with Gasteiger partial charge in [-0.25, -0.2) is 4.79 Å². The third-order valence-electron chi connectivity index (χ3n) is 2.86. The summed E-state index contributed by atoms with van der Waals surface area (Å²) in [6, 6.07) is 0.340. The van der Waals surface area contributed by atoms with E-state index in [2.05, 4.69) is 4.90 Å². The zero-order chi connectivity index (χ0) is 12.1. The maximum atomic E-state index is 11.7. The van der Waals surface area contributed by atoms with Gasteiger partial charge < -0.3 is 14.5 Å². The predicted molar refractivity (Wildman–Crippen MR) is 59.9 cm³/mol. The molecule has 1 heterocycles. The first kappa shape index (κ1) is 13.0. The van der Waals surface area contributed by atoms with Crippen LogP contribution in [-0.2, 0) is 14.3 Å². The number of ether oxygens (including phenoxy) is 1. The predicted octanol–water partition coefficient (Wildman–Crippen LogP) is 0.102. The van der Waals surface area contributed by atoms with Gasteiger partial charge in [0.25, 0.3) is 0 Å². The normalized spacial score (nSPS) is 21.0. The summed E-state index contributed by atoms with van der Waals surface area (Å²) in [5.74, 6) is -1.24. The summed E-state index contributed by atoms with van der Waals surface area (Å²) in [7, 11) is 3.98. The largest absolute Gasteiger partial charge is 0.459 e. The summed E-state index contributed by atoms with van der Waals surface area (Å²) in [5.41, 5.74) is 0. The second kappa shape index (κ2) is 5.84. The average molecular weight is 228 g/mol. The molecule has 0 aromatic carbocycles. The van der Waals surface area contributed by atoms with E-state index in [9.17, 15) is 9.59 Å². The fourth-order valence-electron chi connectivity index (χ4n) is 1.88. The number of rotatable bonds is 2. The molecule has 0 N–H and O–H groups in total. The number of likely N-dealkylation sites (tertiary alicyclic amines) is 1. The molecule has 0 saturated carbocycles. The molecule has 0 bridgehead atoms. The van der Waals surface area contributed by atoms with E-state index < -0.39 is 11.9 Å². The lowest BCUT2D eigenvalue weighted by Crippen LogP contribution is -2.49. The Morgan fingerprint density at radius 3 is 2.69 bits per heavy atom. The fraction of sp³-hybridized carbons (Fsp3) is 0.818. The Balaban J connectivity index is 2.53. The van der Waals surface area contributed by atoms with Gasteiger partial charge in [-0.05, 0) is 33.9 Å². The van der Waals surface area contributed by atoms with Crippen LogP contribution in [0.5, 0.6) is 0 Å². The van der Waals surface area contributed by atoms with Crippen molar-refractivity contribution in [3.8, 4) is 0 Å². The van der Waals surface area contributed by atoms with Gasteiger partial charge in [0, 0.05) is 19.1 Å². The van der Waals surface area contributed by atoms with Crippen LogP contribution in [-0.4, -0.2) is 61.5 Å². The number of hydrogen-bond donors (Lipinski definition) is 0. The Morgan fingerprint density at radius 2 is 2.12 bits per heavy atom. The minimum atomic E-state index is -0.734. The Morgan fingerprint density at radius 1 is 1.44 bits per heavy atom. The molecule has 0 aromatic heterocycles.